The number of carbonyl (C=O) groups excluding carboxylic acids is 2. The second-order valence-corrected chi connectivity index (χ2v) is 6.69. The molecule has 25 heavy (non-hydrogen) atoms. The normalized spacial score (nSPS) is 20.8. The van der Waals surface area contributed by atoms with E-state index in [4.69, 9.17) is 9.47 Å². The molecule has 136 valence electrons. The molecule has 1 aromatic rings. The lowest BCUT2D eigenvalue weighted by Crippen LogP contribution is -2.31. The Kier molecular flexibility index (Phi) is 5.46. The van der Waals surface area contributed by atoms with Crippen LogP contribution < -0.4 is 9.47 Å². The number of likely N-dealkylation sites (tertiary alicyclic amines) is 1. The highest BCUT2D eigenvalue weighted by Crippen LogP contribution is 2.36. The number of ether oxygens (including phenoxy) is 3. The fourth-order valence-corrected chi connectivity index (χ4v) is 3.59. The van der Waals surface area contributed by atoms with E-state index in [1.165, 1.54) is 20.0 Å². The maximum absolute atomic E-state index is 12.2. The lowest BCUT2D eigenvalue weighted by atomic mass is 9.98. The number of methoxy groups -OCH3 is 2. The molecule has 1 aliphatic carbocycles. The molecule has 0 radical (unpaired) electrons. The zero-order chi connectivity index (χ0) is 17.8. The van der Waals surface area contributed by atoms with Gasteiger partial charge < -0.3 is 19.1 Å². The molecule has 1 aromatic carbocycles. The number of hydrogen-bond donors (Lipinski definition) is 0. The molecular formula is C19H25NO5. The minimum atomic E-state index is -0.394. The molecule has 0 bridgehead atoms. The SMILES string of the molecule is COC(=O)CN1C[C@H](c2ccc(OC)c(OC3CCCC3)c2)CC1=O. The lowest BCUT2D eigenvalue weighted by Gasteiger charge is -2.19. The topological polar surface area (TPSA) is 65.1 Å². The standard InChI is InChI=1S/C19H25NO5/c1-23-16-8-7-13(9-17(16)25-15-5-3-4-6-15)14-10-18(21)20(11-14)12-19(22)24-2/h7-9,14-15H,3-6,10-12H2,1-2H3/t14-/m1/s1. The van der Waals surface area contributed by atoms with Crippen molar-refractivity contribution < 1.29 is 23.8 Å². The van der Waals surface area contributed by atoms with Gasteiger partial charge in [-0.15, -0.1) is 0 Å². The van der Waals surface area contributed by atoms with Crippen LogP contribution in [-0.2, 0) is 14.3 Å². The first-order valence-electron chi connectivity index (χ1n) is 8.80. The number of carbonyl (C=O) groups is 2. The summed E-state index contributed by atoms with van der Waals surface area (Å²) >= 11 is 0. The first-order chi connectivity index (χ1) is 12.1. The van der Waals surface area contributed by atoms with Gasteiger partial charge in [-0.05, 0) is 43.4 Å². The molecule has 1 saturated carbocycles. The summed E-state index contributed by atoms with van der Waals surface area (Å²) in [5, 5.41) is 0. The molecule has 1 heterocycles. The summed E-state index contributed by atoms with van der Waals surface area (Å²) in [4.78, 5) is 25.1. The van der Waals surface area contributed by atoms with E-state index in [9.17, 15) is 9.59 Å². The van der Waals surface area contributed by atoms with Crippen LogP contribution >= 0.6 is 0 Å². The van der Waals surface area contributed by atoms with Crippen LogP contribution in [0.4, 0.5) is 0 Å². The summed E-state index contributed by atoms with van der Waals surface area (Å²) in [6.07, 6.45) is 5.18. The highest BCUT2D eigenvalue weighted by atomic mass is 16.5. The van der Waals surface area contributed by atoms with Crippen LogP contribution in [-0.4, -0.2) is 50.2 Å². The molecule has 1 aliphatic heterocycles. The second-order valence-electron chi connectivity index (χ2n) is 6.69. The monoisotopic (exact) mass is 347 g/mol. The van der Waals surface area contributed by atoms with Crippen LogP contribution in [0.5, 0.6) is 11.5 Å². The van der Waals surface area contributed by atoms with E-state index in [0.29, 0.717) is 18.7 Å². The molecule has 1 amide bonds. The first-order valence-corrected chi connectivity index (χ1v) is 8.80. The Balaban J connectivity index is 1.73. The first kappa shape index (κ1) is 17.6. The van der Waals surface area contributed by atoms with Crippen LogP contribution in [0.25, 0.3) is 0 Å². The van der Waals surface area contributed by atoms with Gasteiger partial charge in [0.15, 0.2) is 11.5 Å². The number of nitrogens with zero attached hydrogens (tertiary/aromatic N) is 1. The highest BCUT2D eigenvalue weighted by Gasteiger charge is 2.32. The Morgan fingerprint density at radius 3 is 2.64 bits per heavy atom. The van der Waals surface area contributed by atoms with Gasteiger partial charge in [0.25, 0.3) is 0 Å². The van der Waals surface area contributed by atoms with E-state index in [-0.39, 0.29) is 24.5 Å². The van der Waals surface area contributed by atoms with Crippen molar-refractivity contribution in [3.63, 3.8) is 0 Å². The third-order valence-electron chi connectivity index (χ3n) is 5.02. The minimum Gasteiger partial charge on any atom is -0.493 e. The van der Waals surface area contributed by atoms with Crippen LogP contribution in [0.2, 0.25) is 0 Å². The maximum Gasteiger partial charge on any atom is 0.325 e. The van der Waals surface area contributed by atoms with E-state index in [1.54, 1.807) is 12.0 Å². The Labute approximate surface area is 148 Å². The number of hydrogen-bond acceptors (Lipinski definition) is 5. The predicted molar refractivity (Wildman–Crippen MR) is 91.8 cm³/mol. The van der Waals surface area contributed by atoms with Crippen LogP contribution in [0.3, 0.4) is 0 Å². The molecule has 2 aliphatic rings. The predicted octanol–water partition coefficient (Wildman–Crippen LogP) is 2.51. The van der Waals surface area contributed by atoms with Gasteiger partial charge >= 0.3 is 5.97 Å². The van der Waals surface area contributed by atoms with Crippen molar-refractivity contribution in [3.8, 4) is 11.5 Å². The van der Waals surface area contributed by atoms with Crippen molar-refractivity contribution in [2.45, 2.75) is 44.1 Å². The van der Waals surface area contributed by atoms with Gasteiger partial charge in [0.05, 0.1) is 20.3 Å². The molecule has 3 rings (SSSR count). The molecule has 1 atom stereocenters. The molecule has 6 heteroatoms. The van der Waals surface area contributed by atoms with Gasteiger partial charge in [-0.2, -0.15) is 0 Å². The quantitative estimate of drug-likeness (QED) is 0.740. The Hall–Kier alpha value is -2.24. The molecule has 0 aromatic heterocycles. The van der Waals surface area contributed by atoms with Gasteiger partial charge in [0, 0.05) is 18.9 Å². The van der Waals surface area contributed by atoms with E-state index in [0.717, 1.165) is 24.2 Å². The Morgan fingerprint density at radius 2 is 1.96 bits per heavy atom. The van der Waals surface area contributed by atoms with Crippen molar-refractivity contribution >= 4 is 11.9 Å². The summed E-state index contributed by atoms with van der Waals surface area (Å²) in [6, 6.07) is 5.85. The molecule has 0 unspecified atom stereocenters. The average Bonchev–Trinajstić information content (AvgIpc) is 3.25. The molecule has 0 N–H and O–H groups in total. The third-order valence-corrected chi connectivity index (χ3v) is 5.02. The Bertz CT molecular complexity index is 639. The van der Waals surface area contributed by atoms with Crippen LogP contribution in [0.15, 0.2) is 18.2 Å². The van der Waals surface area contributed by atoms with E-state index in [1.807, 2.05) is 18.2 Å². The Morgan fingerprint density at radius 1 is 1.20 bits per heavy atom. The minimum absolute atomic E-state index is 0.00736. The molecular weight excluding hydrogens is 322 g/mol. The van der Waals surface area contributed by atoms with Crippen molar-refractivity contribution in [2.24, 2.45) is 0 Å². The van der Waals surface area contributed by atoms with Gasteiger partial charge in [0.2, 0.25) is 5.91 Å². The third kappa shape index (κ3) is 4.06. The summed E-state index contributed by atoms with van der Waals surface area (Å²) in [6.45, 7) is 0.524. The van der Waals surface area contributed by atoms with Crippen LogP contribution in [0, 0.1) is 0 Å². The lowest BCUT2D eigenvalue weighted by molar-refractivity contribution is -0.145. The summed E-state index contributed by atoms with van der Waals surface area (Å²) in [5.74, 6) is 1.09. The number of esters is 1. The largest absolute Gasteiger partial charge is 0.493 e. The average molecular weight is 347 g/mol. The molecule has 6 nitrogen and oxygen atoms in total. The number of benzene rings is 1. The molecule has 2 fully saturated rings. The summed E-state index contributed by atoms with van der Waals surface area (Å²) < 4.78 is 16.2. The summed E-state index contributed by atoms with van der Waals surface area (Å²) in [5.41, 5.74) is 1.04. The molecule has 0 spiro atoms. The van der Waals surface area contributed by atoms with Gasteiger partial charge in [0.1, 0.15) is 6.54 Å². The van der Waals surface area contributed by atoms with E-state index >= 15 is 0 Å². The van der Waals surface area contributed by atoms with Gasteiger partial charge in [-0.1, -0.05) is 6.07 Å². The van der Waals surface area contributed by atoms with E-state index < -0.39 is 5.97 Å². The molecule has 1 saturated heterocycles. The van der Waals surface area contributed by atoms with Gasteiger partial charge in [-0.3, -0.25) is 9.59 Å². The maximum atomic E-state index is 12.2. The number of rotatable bonds is 6. The zero-order valence-electron chi connectivity index (χ0n) is 14.8. The van der Waals surface area contributed by atoms with Crippen LogP contribution in [0.1, 0.15) is 43.6 Å². The fraction of sp³-hybridized carbons (Fsp3) is 0.579. The smallest absolute Gasteiger partial charge is 0.325 e. The van der Waals surface area contributed by atoms with Gasteiger partial charge in [-0.25, -0.2) is 0 Å². The fourth-order valence-electron chi connectivity index (χ4n) is 3.59. The number of amides is 1. The highest BCUT2D eigenvalue weighted by molar-refractivity contribution is 5.84. The second kappa shape index (κ2) is 7.76. The van der Waals surface area contributed by atoms with Crippen molar-refractivity contribution in [1.29, 1.82) is 0 Å². The van der Waals surface area contributed by atoms with Crippen molar-refractivity contribution in [1.82, 2.24) is 4.90 Å². The van der Waals surface area contributed by atoms with E-state index in [2.05, 4.69) is 4.74 Å². The van der Waals surface area contributed by atoms with Crippen molar-refractivity contribution in [3.05, 3.63) is 23.8 Å². The summed E-state index contributed by atoms with van der Waals surface area (Å²) in [7, 11) is 2.96. The van der Waals surface area contributed by atoms with Crippen molar-refractivity contribution in [2.75, 3.05) is 27.3 Å². The zero-order valence-corrected chi connectivity index (χ0v) is 14.8.